The van der Waals surface area contributed by atoms with Crippen molar-refractivity contribution in [2.24, 2.45) is 5.92 Å². The average molecular weight is 292 g/mol. The summed E-state index contributed by atoms with van der Waals surface area (Å²) in [6.45, 7) is 11.6. The van der Waals surface area contributed by atoms with Crippen molar-refractivity contribution < 1.29 is 14.3 Å². The molecule has 21 heavy (non-hydrogen) atoms. The monoisotopic (exact) mass is 292 g/mol. The number of hydrogen-bond donors (Lipinski definition) is 0. The first-order chi connectivity index (χ1) is 9.99. The zero-order valence-electron chi connectivity index (χ0n) is 13.2. The summed E-state index contributed by atoms with van der Waals surface area (Å²) in [5, 5.41) is 0. The van der Waals surface area contributed by atoms with Crippen LogP contribution in [0.15, 0.2) is 18.5 Å². The maximum Gasteiger partial charge on any atom is 0.373 e. The maximum absolute atomic E-state index is 8.12. The van der Waals surface area contributed by atoms with Crippen molar-refractivity contribution in [2.75, 3.05) is 24.6 Å². The summed E-state index contributed by atoms with van der Waals surface area (Å²) in [5.41, 5.74) is 2.54. The zero-order valence-corrected chi connectivity index (χ0v) is 13.2. The Bertz CT molecular complexity index is 468. The predicted molar refractivity (Wildman–Crippen MR) is 80.1 cm³/mol. The van der Waals surface area contributed by atoms with Gasteiger partial charge in [-0.3, -0.25) is 4.98 Å². The molecule has 116 valence electrons. The molecule has 1 aromatic heterocycles. The van der Waals surface area contributed by atoms with Gasteiger partial charge in [0.05, 0.1) is 24.6 Å². The summed E-state index contributed by atoms with van der Waals surface area (Å²) in [6.07, 6.45) is 4.52. The Labute approximate surface area is 126 Å². The fourth-order valence-electron chi connectivity index (χ4n) is 2.25. The summed E-state index contributed by atoms with van der Waals surface area (Å²) in [4.78, 5) is 23.0. The summed E-state index contributed by atoms with van der Waals surface area (Å²) >= 11 is 0. The van der Waals surface area contributed by atoms with Gasteiger partial charge < -0.3 is 9.64 Å². The highest BCUT2D eigenvalue weighted by molar-refractivity contribution is 5.47. The van der Waals surface area contributed by atoms with Crippen LogP contribution in [0.4, 0.5) is 5.69 Å². The van der Waals surface area contributed by atoms with Crippen LogP contribution < -0.4 is 4.90 Å². The largest absolute Gasteiger partial charge is 0.374 e. The lowest BCUT2D eigenvalue weighted by atomic mass is 10.0. The van der Waals surface area contributed by atoms with Gasteiger partial charge in [-0.2, -0.15) is 9.59 Å². The van der Waals surface area contributed by atoms with Crippen LogP contribution in [0.1, 0.15) is 39.2 Å². The molecule has 0 radical (unpaired) electrons. The third-order valence-electron chi connectivity index (χ3n) is 3.61. The molecule has 5 nitrogen and oxygen atoms in total. The van der Waals surface area contributed by atoms with Gasteiger partial charge in [0.15, 0.2) is 0 Å². The summed E-state index contributed by atoms with van der Waals surface area (Å²) in [6, 6.07) is 2.26. The second-order valence-corrected chi connectivity index (χ2v) is 5.81. The lowest BCUT2D eigenvalue weighted by Gasteiger charge is -2.36. The number of hydrogen-bond acceptors (Lipinski definition) is 5. The van der Waals surface area contributed by atoms with Gasteiger partial charge >= 0.3 is 6.15 Å². The second kappa shape index (κ2) is 8.55. The van der Waals surface area contributed by atoms with E-state index in [0.717, 1.165) is 19.7 Å². The zero-order chi connectivity index (χ0) is 15.8. The third kappa shape index (κ3) is 5.29. The molecule has 1 aromatic rings. The normalized spacial score (nSPS) is 18.2. The van der Waals surface area contributed by atoms with Gasteiger partial charge in [-0.15, -0.1) is 0 Å². The first-order valence-electron chi connectivity index (χ1n) is 7.30. The molecule has 0 bridgehead atoms. The quantitative estimate of drug-likeness (QED) is 0.856. The third-order valence-corrected chi connectivity index (χ3v) is 3.61. The van der Waals surface area contributed by atoms with Gasteiger partial charge in [-0.1, -0.05) is 27.7 Å². The number of aromatic nitrogens is 1. The molecule has 1 aliphatic rings. The van der Waals surface area contributed by atoms with Crippen molar-refractivity contribution in [1.29, 1.82) is 0 Å². The highest BCUT2D eigenvalue weighted by Crippen LogP contribution is 2.23. The van der Waals surface area contributed by atoms with E-state index >= 15 is 0 Å². The van der Waals surface area contributed by atoms with Gasteiger partial charge in [-0.05, 0) is 23.5 Å². The van der Waals surface area contributed by atoms with E-state index in [1.165, 1.54) is 11.3 Å². The Morgan fingerprint density at radius 1 is 1.29 bits per heavy atom. The maximum atomic E-state index is 8.12. The molecule has 1 unspecified atom stereocenters. The molecule has 2 rings (SSSR count). The SMILES string of the molecule is CC(C)c1cncc(N2CCOC(C(C)C)C2)c1.O=C=O. The van der Waals surface area contributed by atoms with Crippen LogP contribution in [-0.4, -0.2) is 36.9 Å². The summed E-state index contributed by atoms with van der Waals surface area (Å²) in [5.74, 6) is 1.09. The Balaban J connectivity index is 0.000000677. The Hall–Kier alpha value is -1.71. The van der Waals surface area contributed by atoms with E-state index in [-0.39, 0.29) is 6.15 Å². The molecule has 0 amide bonds. The Kier molecular flexibility index (Phi) is 7.06. The number of pyridine rings is 1. The van der Waals surface area contributed by atoms with Crippen molar-refractivity contribution in [1.82, 2.24) is 4.98 Å². The van der Waals surface area contributed by atoms with Crippen molar-refractivity contribution in [2.45, 2.75) is 39.7 Å². The van der Waals surface area contributed by atoms with Crippen LogP contribution in [0.2, 0.25) is 0 Å². The average Bonchev–Trinajstić information content (AvgIpc) is 2.48. The lowest BCUT2D eigenvalue weighted by molar-refractivity contribution is -0.191. The second-order valence-electron chi connectivity index (χ2n) is 5.81. The Morgan fingerprint density at radius 2 is 1.95 bits per heavy atom. The molecule has 0 aliphatic carbocycles. The molecular weight excluding hydrogens is 268 g/mol. The number of ether oxygens (including phenoxy) is 1. The summed E-state index contributed by atoms with van der Waals surface area (Å²) in [7, 11) is 0. The number of morpholine rings is 1. The molecule has 0 N–H and O–H groups in total. The van der Waals surface area contributed by atoms with Crippen LogP contribution in [-0.2, 0) is 14.3 Å². The van der Waals surface area contributed by atoms with Gasteiger partial charge in [0.2, 0.25) is 0 Å². The van der Waals surface area contributed by atoms with Crippen LogP contribution >= 0.6 is 0 Å². The van der Waals surface area contributed by atoms with Crippen LogP contribution in [0.5, 0.6) is 0 Å². The van der Waals surface area contributed by atoms with E-state index in [9.17, 15) is 0 Å². The van der Waals surface area contributed by atoms with Crippen molar-refractivity contribution in [3.05, 3.63) is 24.0 Å². The molecule has 0 saturated carbocycles. The van der Waals surface area contributed by atoms with E-state index in [1.807, 2.05) is 12.4 Å². The molecule has 1 saturated heterocycles. The van der Waals surface area contributed by atoms with E-state index in [1.54, 1.807) is 0 Å². The van der Waals surface area contributed by atoms with Gasteiger partial charge in [0.1, 0.15) is 0 Å². The Morgan fingerprint density at radius 3 is 2.52 bits per heavy atom. The van der Waals surface area contributed by atoms with Crippen LogP contribution in [0, 0.1) is 5.92 Å². The van der Waals surface area contributed by atoms with Crippen molar-refractivity contribution in [3.8, 4) is 0 Å². The highest BCUT2D eigenvalue weighted by Gasteiger charge is 2.23. The topological polar surface area (TPSA) is 59.5 Å². The van der Waals surface area contributed by atoms with Crippen molar-refractivity contribution >= 4 is 11.8 Å². The van der Waals surface area contributed by atoms with Crippen molar-refractivity contribution in [3.63, 3.8) is 0 Å². The number of rotatable bonds is 3. The fraction of sp³-hybridized carbons (Fsp3) is 0.625. The number of carbonyl (C=O) groups excluding carboxylic acids is 2. The van der Waals surface area contributed by atoms with E-state index in [0.29, 0.717) is 17.9 Å². The standard InChI is InChI=1S/C15H24N2O.CO2/c1-11(2)13-7-14(9-16-8-13)17-5-6-18-15(10-17)12(3)4;2-1-3/h7-9,11-12,15H,5-6,10H2,1-4H3;. The molecule has 1 fully saturated rings. The minimum atomic E-state index is 0.250. The lowest BCUT2D eigenvalue weighted by Crippen LogP contribution is -2.44. The summed E-state index contributed by atoms with van der Waals surface area (Å²) < 4.78 is 5.81. The van der Waals surface area contributed by atoms with Gasteiger partial charge in [0.25, 0.3) is 0 Å². The highest BCUT2D eigenvalue weighted by atomic mass is 16.5. The smallest absolute Gasteiger partial charge is 0.373 e. The van der Waals surface area contributed by atoms with E-state index in [4.69, 9.17) is 14.3 Å². The fourth-order valence-corrected chi connectivity index (χ4v) is 2.25. The molecule has 1 atom stereocenters. The minimum Gasteiger partial charge on any atom is -0.374 e. The molecule has 0 spiro atoms. The molecular formula is C16H24N2O3. The van der Waals surface area contributed by atoms with E-state index in [2.05, 4.69) is 43.6 Å². The van der Waals surface area contributed by atoms with E-state index < -0.39 is 0 Å². The molecule has 0 aromatic carbocycles. The number of nitrogens with zero attached hydrogens (tertiary/aromatic N) is 2. The van der Waals surface area contributed by atoms with Crippen LogP contribution in [0.25, 0.3) is 0 Å². The molecule has 2 heterocycles. The minimum absolute atomic E-state index is 0.250. The van der Waals surface area contributed by atoms with Gasteiger partial charge in [-0.25, -0.2) is 0 Å². The molecule has 1 aliphatic heterocycles. The first kappa shape index (κ1) is 17.3. The number of anilines is 1. The van der Waals surface area contributed by atoms with Crippen LogP contribution in [0.3, 0.4) is 0 Å². The van der Waals surface area contributed by atoms with Gasteiger partial charge in [0, 0.05) is 19.3 Å². The predicted octanol–water partition coefficient (Wildman–Crippen LogP) is 2.48. The molecule has 5 heteroatoms. The first-order valence-corrected chi connectivity index (χ1v) is 7.30.